The summed E-state index contributed by atoms with van der Waals surface area (Å²) in [6.45, 7) is 0.666. The molecule has 1 aromatic rings. The highest BCUT2D eigenvalue weighted by Gasteiger charge is 1.99. The van der Waals surface area contributed by atoms with Crippen molar-refractivity contribution in [1.82, 2.24) is 9.97 Å². The van der Waals surface area contributed by atoms with E-state index in [1.165, 1.54) is 7.11 Å². The molecule has 0 atom stereocenters. The smallest absolute Gasteiger partial charge is 0.305 e. The predicted octanol–water partition coefficient (Wildman–Crippen LogP) is 0.842. The highest BCUT2D eigenvalue weighted by molar-refractivity contribution is 5.69. The SMILES string of the molecule is COC(=O)CCCNc1ncccn1. The number of hydrogen-bond donors (Lipinski definition) is 1. The van der Waals surface area contributed by atoms with E-state index < -0.39 is 0 Å². The molecule has 0 bridgehead atoms. The fourth-order valence-electron chi connectivity index (χ4n) is 0.925. The lowest BCUT2D eigenvalue weighted by molar-refractivity contribution is -0.140. The summed E-state index contributed by atoms with van der Waals surface area (Å²) in [4.78, 5) is 18.7. The topological polar surface area (TPSA) is 64.1 Å². The molecule has 0 aromatic carbocycles. The molecule has 0 unspecified atom stereocenters. The zero-order valence-corrected chi connectivity index (χ0v) is 8.06. The van der Waals surface area contributed by atoms with Crippen LogP contribution in [0.2, 0.25) is 0 Å². The number of nitrogens with zero attached hydrogens (tertiary/aromatic N) is 2. The molecule has 0 saturated carbocycles. The normalized spacial score (nSPS) is 9.50. The Labute approximate surface area is 82.5 Å². The number of rotatable bonds is 5. The lowest BCUT2D eigenvalue weighted by Gasteiger charge is -2.02. The monoisotopic (exact) mass is 195 g/mol. The molecular weight excluding hydrogens is 182 g/mol. The number of nitrogens with one attached hydrogen (secondary N) is 1. The van der Waals surface area contributed by atoms with Gasteiger partial charge < -0.3 is 10.1 Å². The Balaban J connectivity index is 2.13. The van der Waals surface area contributed by atoms with Crippen molar-refractivity contribution in [3.63, 3.8) is 0 Å². The van der Waals surface area contributed by atoms with E-state index in [4.69, 9.17) is 0 Å². The highest BCUT2D eigenvalue weighted by atomic mass is 16.5. The molecule has 1 rings (SSSR count). The van der Waals surface area contributed by atoms with E-state index in [2.05, 4.69) is 20.0 Å². The van der Waals surface area contributed by atoms with Gasteiger partial charge in [-0.3, -0.25) is 4.79 Å². The summed E-state index contributed by atoms with van der Waals surface area (Å²) in [5, 5.41) is 2.99. The molecule has 5 heteroatoms. The van der Waals surface area contributed by atoms with Crippen LogP contribution in [0, 0.1) is 0 Å². The Morgan fingerprint density at radius 1 is 1.50 bits per heavy atom. The number of ether oxygens (including phenoxy) is 1. The van der Waals surface area contributed by atoms with E-state index >= 15 is 0 Å². The molecule has 0 fully saturated rings. The van der Waals surface area contributed by atoms with Crippen molar-refractivity contribution in [2.24, 2.45) is 0 Å². The molecule has 0 radical (unpaired) electrons. The first-order valence-electron chi connectivity index (χ1n) is 4.40. The van der Waals surface area contributed by atoms with E-state index in [0.717, 1.165) is 0 Å². The van der Waals surface area contributed by atoms with E-state index in [0.29, 0.717) is 25.3 Å². The average molecular weight is 195 g/mol. The molecular formula is C9H13N3O2. The average Bonchev–Trinajstić information content (AvgIpc) is 2.25. The molecule has 0 aliphatic heterocycles. The Hall–Kier alpha value is -1.65. The van der Waals surface area contributed by atoms with Crippen LogP contribution in [0.3, 0.4) is 0 Å². The fourth-order valence-corrected chi connectivity index (χ4v) is 0.925. The number of esters is 1. The lowest BCUT2D eigenvalue weighted by atomic mass is 10.3. The Bertz CT molecular complexity index is 277. The van der Waals surface area contributed by atoms with Crippen LogP contribution in [0.5, 0.6) is 0 Å². The van der Waals surface area contributed by atoms with Gasteiger partial charge in [0.25, 0.3) is 0 Å². The van der Waals surface area contributed by atoms with Gasteiger partial charge in [-0.25, -0.2) is 9.97 Å². The first kappa shape index (κ1) is 10.4. The van der Waals surface area contributed by atoms with Crippen LogP contribution in [-0.2, 0) is 9.53 Å². The van der Waals surface area contributed by atoms with Gasteiger partial charge in [0.2, 0.25) is 5.95 Å². The molecule has 76 valence electrons. The third-order valence-corrected chi connectivity index (χ3v) is 1.63. The third-order valence-electron chi connectivity index (χ3n) is 1.63. The van der Waals surface area contributed by atoms with Crippen LogP contribution in [0.15, 0.2) is 18.5 Å². The zero-order chi connectivity index (χ0) is 10.2. The lowest BCUT2D eigenvalue weighted by Crippen LogP contribution is -2.08. The van der Waals surface area contributed by atoms with Crippen LogP contribution in [0.25, 0.3) is 0 Å². The summed E-state index contributed by atoms with van der Waals surface area (Å²) in [5.41, 5.74) is 0. The summed E-state index contributed by atoms with van der Waals surface area (Å²) in [5.74, 6) is 0.387. The number of carbonyl (C=O) groups is 1. The van der Waals surface area contributed by atoms with Crippen molar-refractivity contribution in [2.45, 2.75) is 12.8 Å². The zero-order valence-electron chi connectivity index (χ0n) is 8.06. The number of carbonyl (C=O) groups excluding carboxylic acids is 1. The maximum atomic E-state index is 10.7. The van der Waals surface area contributed by atoms with Gasteiger partial charge in [-0.1, -0.05) is 0 Å². The third kappa shape index (κ3) is 3.84. The fraction of sp³-hybridized carbons (Fsp3) is 0.444. The summed E-state index contributed by atoms with van der Waals surface area (Å²) in [6.07, 6.45) is 4.45. The Morgan fingerprint density at radius 3 is 2.86 bits per heavy atom. The summed E-state index contributed by atoms with van der Waals surface area (Å²) < 4.78 is 4.50. The van der Waals surface area contributed by atoms with Gasteiger partial charge in [0.15, 0.2) is 0 Å². The summed E-state index contributed by atoms with van der Waals surface area (Å²) in [7, 11) is 1.38. The Morgan fingerprint density at radius 2 is 2.21 bits per heavy atom. The molecule has 5 nitrogen and oxygen atoms in total. The second-order valence-corrected chi connectivity index (χ2v) is 2.68. The molecule has 0 amide bonds. The number of aromatic nitrogens is 2. The van der Waals surface area contributed by atoms with Gasteiger partial charge in [-0.2, -0.15) is 0 Å². The number of anilines is 1. The molecule has 0 aliphatic rings. The second-order valence-electron chi connectivity index (χ2n) is 2.68. The molecule has 14 heavy (non-hydrogen) atoms. The van der Waals surface area contributed by atoms with Gasteiger partial charge in [-0.15, -0.1) is 0 Å². The van der Waals surface area contributed by atoms with Crippen LogP contribution in [0.1, 0.15) is 12.8 Å². The van der Waals surface area contributed by atoms with Gasteiger partial charge in [0, 0.05) is 25.4 Å². The summed E-state index contributed by atoms with van der Waals surface area (Å²) >= 11 is 0. The van der Waals surface area contributed by atoms with E-state index in [1.807, 2.05) is 0 Å². The van der Waals surface area contributed by atoms with Crippen molar-refractivity contribution < 1.29 is 9.53 Å². The Kier molecular flexibility index (Phi) is 4.40. The quantitative estimate of drug-likeness (QED) is 0.557. The van der Waals surface area contributed by atoms with Crippen molar-refractivity contribution in [3.8, 4) is 0 Å². The van der Waals surface area contributed by atoms with Gasteiger partial charge >= 0.3 is 5.97 Å². The minimum atomic E-state index is -0.194. The largest absolute Gasteiger partial charge is 0.469 e. The van der Waals surface area contributed by atoms with Gasteiger partial charge in [-0.05, 0) is 12.5 Å². The van der Waals surface area contributed by atoms with Crippen molar-refractivity contribution in [2.75, 3.05) is 19.0 Å². The highest BCUT2D eigenvalue weighted by Crippen LogP contribution is 1.96. The maximum Gasteiger partial charge on any atom is 0.305 e. The van der Waals surface area contributed by atoms with Gasteiger partial charge in [0.05, 0.1) is 7.11 Å². The van der Waals surface area contributed by atoms with Gasteiger partial charge in [0.1, 0.15) is 0 Å². The molecule has 0 spiro atoms. The number of methoxy groups -OCH3 is 1. The molecule has 0 aliphatic carbocycles. The van der Waals surface area contributed by atoms with Crippen LogP contribution in [-0.4, -0.2) is 29.6 Å². The molecule has 1 heterocycles. The van der Waals surface area contributed by atoms with Crippen molar-refractivity contribution >= 4 is 11.9 Å². The van der Waals surface area contributed by atoms with Crippen molar-refractivity contribution in [1.29, 1.82) is 0 Å². The molecule has 1 N–H and O–H groups in total. The predicted molar refractivity (Wildman–Crippen MR) is 51.8 cm³/mol. The first-order chi connectivity index (χ1) is 6.83. The van der Waals surface area contributed by atoms with Crippen molar-refractivity contribution in [3.05, 3.63) is 18.5 Å². The molecule has 0 saturated heterocycles. The van der Waals surface area contributed by atoms with Crippen LogP contribution < -0.4 is 5.32 Å². The molecule has 1 aromatic heterocycles. The second kappa shape index (κ2) is 5.90. The van der Waals surface area contributed by atoms with E-state index in [1.54, 1.807) is 18.5 Å². The van der Waals surface area contributed by atoms with E-state index in [9.17, 15) is 4.79 Å². The maximum absolute atomic E-state index is 10.7. The number of hydrogen-bond acceptors (Lipinski definition) is 5. The standard InChI is InChI=1S/C9H13N3O2/c1-14-8(13)4-2-5-10-9-11-6-3-7-12-9/h3,6-7H,2,4-5H2,1H3,(H,10,11,12). The summed E-state index contributed by atoms with van der Waals surface area (Å²) in [6, 6.07) is 1.75. The van der Waals surface area contributed by atoms with Crippen LogP contribution in [0.4, 0.5) is 5.95 Å². The first-order valence-corrected chi connectivity index (χ1v) is 4.40. The minimum Gasteiger partial charge on any atom is -0.469 e. The van der Waals surface area contributed by atoms with E-state index in [-0.39, 0.29) is 5.97 Å². The van der Waals surface area contributed by atoms with Crippen LogP contribution >= 0.6 is 0 Å². The minimum absolute atomic E-state index is 0.194.